The summed E-state index contributed by atoms with van der Waals surface area (Å²) in [5.74, 6) is -0.588. The molecular weight excluding hydrogens is 383 g/mol. The van der Waals surface area contributed by atoms with Crippen molar-refractivity contribution in [2.45, 2.75) is 32.0 Å². The molecule has 0 radical (unpaired) electrons. The van der Waals surface area contributed by atoms with Crippen molar-refractivity contribution >= 4 is 11.8 Å². The third-order valence-corrected chi connectivity index (χ3v) is 5.16. The lowest BCUT2D eigenvalue weighted by Gasteiger charge is -2.32. The number of carbonyl (C=O) groups excluding carboxylic acids is 2. The van der Waals surface area contributed by atoms with Crippen LogP contribution in [0.5, 0.6) is 0 Å². The molecule has 1 aliphatic rings. The molecule has 0 spiro atoms. The minimum absolute atomic E-state index is 0.0667. The summed E-state index contributed by atoms with van der Waals surface area (Å²) >= 11 is 0. The molecular formula is C21H22F3N3O2. The van der Waals surface area contributed by atoms with Crippen molar-refractivity contribution in [3.63, 3.8) is 0 Å². The smallest absolute Gasteiger partial charge is 0.349 e. The lowest BCUT2D eigenvalue weighted by Crippen LogP contribution is -2.43. The Morgan fingerprint density at radius 1 is 1.14 bits per heavy atom. The molecule has 2 amide bonds. The molecule has 154 valence electrons. The zero-order valence-corrected chi connectivity index (χ0v) is 15.9. The van der Waals surface area contributed by atoms with Crippen molar-refractivity contribution in [1.82, 2.24) is 15.2 Å². The summed E-state index contributed by atoms with van der Waals surface area (Å²) in [4.78, 5) is 30.7. The van der Waals surface area contributed by atoms with Gasteiger partial charge in [-0.05, 0) is 55.7 Å². The molecule has 0 aliphatic carbocycles. The van der Waals surface area contributed by atoms with E-state index in [1.807, 2.05) is 19.1 Å². The second kappa shape index (κ2) is 8.63. The van der Waals surface area contributed by atoms with Crippen molar-refractivity contribution in [2.75, 3.05) is 13.1 Å². The van der Waals surface area contributed by atoms with Crippen molar-refractivity contribution in [3.05, 3.63) is 65.5 Å². The Bertz CT molecular complexity index is 846. The number of nitrogens with one attached hydrogen (secondary N) is 1. The predicted octanol–water partition coefficient (Wildman–Crippen LogP) is 3.83. The Hall–Kier alpha value is -2.90. The van der Waals surface area contributed by atoms with E-state index in [2.05, 4.69) is 10.3 Å². The largest absolute Gasteiger partial charge is 0.416 e. The Morgan fingerprint density at radius 2 is 1.79 bits per heavy atom. The number of alkyl halides is 3. The molecule has 1 N–H and O–H groups in total. The second-order valence-electron chi connectivity index (χ2n) is 7.16. The van der Waals surface area contributed by atoms with Gasteiger partial charge in [-0.1, -0.05) is 6.07 Å². The highest BCUT2D eigenvalue weighted by Gasteiger charge is 2.31. The van der Waals surface area contributed by atoms with E-state index < -0.39 is 11.7 Å². The average molecular weight is 405 g/mol. The van der Waals surface area contributed by atoms with E-state index >= 15 is 0 Å². The van der Waals surface area contributed by atoms with Crippen LogP contribution >= 0.6 is 0 Å². The number of carbonyl (C=O) groups is 2. The number of hydrogen-bond acceptors (Lipinski definition) is 3. The van der Waals surface area contributed by atoms with Crippen molar-refractivity contribution in [3.8, 4) is 0 Å². The van der Waals surface area contributed by atoms with Gasteiger partial charge in [0.2, 0.25) is 5.91 Å². The zero-order valence-electron chi connectivity index (χ0n) is 15.9. The maximum absolute atomic E-state index is 12.7. The van der Waals surface area contributed by atoms with E-state index in [1.165, 1.54) is 12.1 Å². The number of aromatic nitrogens is 1. The number of pyridine rings is 1. The summed E-state index contributed by atoms with van der Waals surface area (Å²) in [6, 6.07) is 7.75. The lowest BCUT2D eigenvalue weighted by atomic mass is 9.94. The first-order chi connectivity index (χ1) is 13.8. The Morgan fingerprint density at radius 3 is 2.34 bits per heavy atom. The summed E-state index contributed by atoms with van der Waals surface area (Å²) in [6.45, 7) is 2.66. The van der Waals surface area contributed by atoms with Gasteiger partial charge in [-0.15, -0.1) is 0 Å². The number of amides is 2. The van der Waals surface area contributed by atoms with Gasteiger partial charge in [0.05, 0.1) is 11.6 Å². The van der Waals surface area contributed by atoms with Crippen LogP contribution < -0.4 is 5.32 Å². The van der Waals surface area contributed by atoms with Gasteiger partial charge < -0.3 is 10.2 Å². The molecule has 1 aromatic carbocycles. The summed E-state index contributed by atoms with van der Waals surface area (Å²) in [5.41, 5.74) is 0.342. The van der Waals surface area contributed by atoms with Gasteiger partial charge in [-0.25, -0.2) is 0 Å². The quantitative estimate of drug-likeness (QED) is 0.841. The molecule has 1 unspecified atom stereocenters. The predicted molar refractivity (Wildman–Crippen MR) is 101 cm³/mol. The summed E-state index contributed by atoms with van der Waals surface area (Å²) in [5, 5.41) is 2.97. The molecule has 8 heteroatoms. The van der Waals surface area contributed by atoms with Crippen LogP contribution in [0.25, 0.3) is 0 Å². The number of rotatable bonds is 4. The number of piperidine rings is 1. The minimum Gasteiger partial charge on any atom is -0.349 e. The highest BCUT2D eigenvalue weighted by molar-refractivity contribution is 5.94. The first-order valence-electron chi connectivity index (χ1n) is 9.42. The second-order valence-corrected chi connectivity index (χ2v) is 7.16. The Labute approximate surface area is 166 Å². The first-order valence-corrected chi connectivity index (χ1v) is 9.42. The van der Waals surface area contributed by atoms with E-state index in [0.717, 1.165) is 17.7 Å². The fourth-order valence-electron chi connectivity index (χ4n) is 3.38. The van der Waals surface area contributed by atoms with Gasteiger partial charge in [-0.3, -0.25) is 14.6 Å². The van der Waals surface area contributed by atoms with Gasteiger partial charge in [0.15, 0.2) is 0 Å². The normalized spacial score (nSPS) is 16.3. The minimum atomic E-state index is -4.43. The molecule has 29 heavy (non-hydrogen) atoms. The molecule has 1 atom stereocenters. The third-order valence-electron chi connectivity index (χ3n) is 5.16. The van der Waals surface area contributed by atoms with Gasteiger partial charge in [0.1, 0.15) is 0 Å². The number of likely N-dealkylation sites (tertiary alicyclic amines) is 1. The molecule has 5 nitrogen and oxygen atoms in total. The van der Waals surface area contributed by atoms with Crippen LogP contribution in [-0.2, 0) is 11.0 Å². The molecule has 1 aromatic heterocycles. The summed E-state index contributed by atoms with van der Waals surface area (Å²) < 4.78 is 38.0. The summed E-state index contributed by atoms with van der Waals surface area (Å²) in [6.07, 6.45) is -0.0338. The van der Waals surface area contributed by atoms with Crippen LogP contribution in [0.4, 0.5) is 13.2 Å². The van der Waals surface area contributed by atoms with Crippen LogP contribution in [-0.4, -0.2) is 34.8 Å². The summed E-state index contributed by atoms with van der Waals surface area (Å²) in [7, 11) is 0. The molecule has 3 rings (SSSR count). The third kappa shape index (κ3) is 5.13. The lowest BCUT2D eigenvalue weighted by molar-refractivity contribution is -0.137. The van der Waals surface area contributed by atoms with E-state index in [4.69, 9.17) is 0 Å². The molecule has 1 fully saturated rings. The van der Waals surface area contributed by atoms with Gasteiger partial charge in [0.25, 0.3) is 5.91 Å². The average Bonchev–Trinajstić information content (AvgIpc) is 2.73. The van der Waals surface area contributed by atoms with Gasteiger partial charge in [0, 0.05) is 37.0 Å². The fraction of sp³-hybridized carbons (Fsp3) is 0.381. The van der Waals surface area contributed by atoms with Crippen LogP contribution in [0.15, 0.2) is 48.8 Å². The zero-order chi connectivity index (χ0) is 21.0. The standard InChI is InChI=1S/C21H22F3N3O2/c1-14(17-3-2-10-25-13-17)26-19(28)15-8-11-27(12-9-15)20(29)16-4-6-18(7-5-16)21(22,23)24/h2-7,10,13-15H,8-9,11-12H2,1H3,(H,26,28). The van der Waals surface area contributed by atoms with E-state index in [0.29, 0.717) is 25.9 Å². The molecule has 2 heterocycles. The molecule has 0 saturated carbocycles. The Kier molecular flexibility index (Phi) is 6.20. The molecule has 0 bridgehead atoms. The van der Waals surface area contributed by atoms with Crippen molar-refractivity contribution in [1.29, 1.82) is 0 Å². The first kappa shape index (κ1) is 20.8. The van der Waals surface area contributed by atoms with Crippen molar-refractivity contribution in [2.24, 2.45) is 5.92 Å². The number of halogens is 3. The Balaban J connectivity index is 1.53. The van der Waals surface area contributed by atoms with E-state index in [9.17, 15) is 22.8 Å². The maximum atomic E-state index is 12.7. The van der Waals surface area contributed by atoms with Gasteiger partial charge >= 0.3 is 6.18 Å². The van der Waals surface area contributed by atoms with Crippen LogP contribution in [0.2, 0.25) is 0 Å². The number of nitrogens with zero attached hydrogens (tertiary/aromatic N) is 2. The highest BCUT2D eigenvalue weighted by atomic mass is 19.4. The van der Waals surface area contributed by atoms with E-state index in [-0.39, 0.29) is 29.3 Å². The topological polar surface area (TPSA) is 62.3 Å². The van der Waals surface area contributed by atoms with Crippen LogP contribution in [0, 0.1) is 5.92 Å². The molecule has 2 aromatic rings. The molecule has 1 saturated heterocycles. The monoisotopic (exact) mass is 405 g/mol. The number of hydrogen-bond donors (Lipinski definition) is 1. The number of benzene rings is 1. The van der Waals surface area contributed by atoms with Crippen LogP contribution in [0.1, 0.15) is 47.3 Å². The molecule has 1 aliphatic heterocycles. The van der Waals surface area contributed by atoms with E-state index in [1.54, 1.807) is 17.3 Å². The van der Waals surface area contributed by atoms with Crippen molar-refractivity contribution < 1.29 is 22.8 Å². The SMILES string of the molecule is CC(NC(=O)C1CCN(C(=O)c2ccc(C(F)(F)F)cc2)CC1)c1cccnc1. The van der Waals surface area contributed by atoms with Gasteiger partial charge in [-0.2, -0.15) is 13.2 Å². The van der Waals surface area contributed by atoms with Crippen LogP contribution in [0.3, 0.4) is 0 Å². The highest BCUT2D eigenvalue weighted by Crippen LogP contribution is 2.29. The fourth-order valence-corrected chi connectivity index (χ4v) is 3.38. The maximum Gasteiger partial charge on any atom is 0.416 e.